The van der Waals surface area contributed by atoms with Crippen LogP contribution in [0, 0.1) is 0 Å². The molecule has 4 heteroatoms. The van der Waals surface area contributed by atoms with Crippen molar-refractivity contribution in [3.63, 3.8) is 0 Å². The maximum absolute atomic E-state index is 4.04. The van der Waals surface area contributed by atoms with E-state index < -0.39 is 0 Å². The fourth-order valence-corrected chi connectivity index (χ4v) is 1.28. The highest BCUT2D eigenvalue weighted by Crippen LogP contribution is 2.00. The molecule has 0 atom stereocenters. The Balaban J connectivity index is 1.90. The molecule has 1 aromatic rings. The van der Waals surface area contributed by atoms with E-state index in [1.54, 1.807) is 12.7 Å². The molecule has 0 aliphatic heterocycles. The van der Waals surface area contributed by atoms with Gasteiger partial charge in [0.05, 0.1) is 0 Å². The van der Waals surface area contributed by atoms with Crippen molar-refractivity contribution in [1.82, 2.24) is 20.1 Å². The fourth-order valence-electron chi connectivity index (χ4n) is 1.28. The van der Waals surface area contributed by atoms with Gasteiger partial charge in [-0.25, -0.2) is 4.98 Å². The number of hydrogen-bond acceptors (Lipinski definition) is 3. The van der Waals surface area contributed by atoms with Gasteiger partial charge in [0.15, 0.2) is 0 Å². The maximum atomic E-state index is 4.04. The smallest absolute Gasteiger partial charge is 0.137 e. The number of hydrogen-bond donors (Lipinski definition) is 1. The lowest BCUT2D eigenvalue weighted by atomic mass is 10.2. The molecule has 1 aromatic heterocycles. The van der Waals surface area contributed by atoms with Gasteiger partial charge in [-0.15, -0.1) is 0 Å². The van der Waals surface area contributed by atoms with Crippen LogP contribution in [-0.4, -0.2) is 28.4 Å². The third kappa shape index (κ3) is 4.62. The second kappa shape index (κ2) is 6.60. The molecule has 1 N–H and O–H groups in total. The average Bonchev–Trinajstić information content (AvgIpc) is 2.63. The first-order chi connectivity index (χ1) is 6.43. The summed E-state index contributed by atoms with van der Waals surface area (Å²) < 4.78 is 1.89. The van der Waals surface area contributed by atoms with E-state index >= 15 is 0 Å². The second-order valence-electron chi connectivity index (χ2n) is 3.18. The molecule has 1 rings (SSSR count). The number of nitrogens with zero attached hydrogens (tertiary/aromatic N) is 3. The summed E-state index contributed by atoms with van der Waals surface area (Å²) in [7, 11) is 2.00. The van der Waals surface area contributed by atoms with Crippen molar-refractivity contribution in [1.29, 1.82) is 0 Å². The van der Waals surface area contributed by atoms with Crippen LogP contribution in [0.4, 0.5) is 0 Å². The highest BCUT2D eigenvalue weighted by atomic mass is 15.3. The van der Waals surface area contributed by atoms with Crippen molar-refractivity contribution >= 4 is 0 Å². The highest BCUT2D eigenvalue weighted by molar-refractivity contribution is 4.56. The van der Waals surface area contributed by atoms with Gasteiger partial charge in [0.1, 0.15) is 12.7 Å². The Morgan fingerprint density at radius 3 is 2.77 bits per heavy atom. The quantitative estimate of drug-likeness (QED) is 0.641. The van der Waals surface area contributed by atoms with E-state index in [-0.39, 0.29) is 0 Å². The molecule has 4 nitrogen and oxygen atoms in total. The van der Waals surface area contributed by atoms with Crippen LogP contribution >= 0.6 is 0 Å². The number of aromatic nitrogens is 3. The first-order valence-corrected chi connectivity index (χ1v) is 4.90. The molecule has 0 saturated heterocycles. The molecule has 74 valence electrons. The SMILES string of the molecule is CNCCCCCCn1cncn1. The van der Waals surface area contributed by atoms with Crippen molar-refractivity contribution in [3.05, 3.63) is 12.7 Å². The minimum atomic E-state index is 1.000. The Kier molecular flexibility index (Phi) is 5.17. The van der Waals surface area contributed by atoms with Gasteiger partial charge in [0.2, 0.25) is 0 Å². The summed E-state index contributed by atoms with van der Waals surface area (Å²) in [6.07, 6.45) is 8.41. The lowest BCUT2D eigenvalue weighted by Crippen LogP contribution is -2.07. The molecular weight excluding hydrogens is 164 g/mol. The summed E-state index contributed by atoms with van der Waals surface area (Å²) in [4.78, 5) is 3.89. The number of aryl methyl sites for hydroxylation is 1. The summed E-state index contributed by atoms with van der Waals surface area (Å²) in [5.41, 5.74) is 0. The normalized spacial score (nSPS) is 10.5. The van der Waals surface area contributed by atoms with Crippen LogP contribution in [0.2, 0.25) is 0 Å². The Bertz CT molecular complexity index is 195. The zero-order chi connectivity index (χ0) is 9.36. The standard InChI is InChI=1S/C9H18N4/c1-10-6-4-2-3-5-7-13-9-11-8-12-13/h8-10H,2-7H2,1H3. The Morgan fingerprint density at radius 1 is 1.23 bits per heavy atom. The third-order valence-electron chi connectivity index (χ3n) is 2.03. The van der Waals surface area contributed by atoms with Gasteiger partial charge in [0.25, 0.3) is 0 Å². The summed E-state index contributed by atoms with van der Waals surface area (Å²) in [5, 5.41) is 7.19. The molecule has 0 bridgehead atoms. The lowest BCUT2D eigenvalue weighted by Gasteiger charge is -2.00. The van der Waals surface area contributed by atoms with Crippen LogP contribution in [-0.2, 0) is 6.54 Å². The van der Waals surface area contributed by atoms with Crippen LogP contribution in [0.5, 0.6) is 0 Å². The van der Waals surface area contributed by atoms with E-state index in [2.05, 4.69) is 15.4 Å². The van der Waals surface area contributed by atoms with E-state index in [4.69, 9.17) is 0 Å². The second-order valence-corrected chi connectivity index (χ2v) is 3.18. The zero-order valence-corrected chi connectivity index (χ0v) is 8.24. The summed E-state index contributed by atoms with van der Waals surface area (Å²) in [6.45, 7) is 2.13. The molecule has 13 heavy (non-hydrogen) atoms. The van der Waals surface area contributed by atoms with Crippen molar-refractivity contribution in [3.8, 4) is 0 Å². The van der Waals surface area contributed by atoms with Gasteiger partial charge in [-0.2, -0.15) is 5.10 Å². The van der Waals surface area contributed by atoms with E-state index in [1.807, 2.05) is 11.7 Å². The molecule has 0 saturated carbocycles. The lowest BCUT2D eigenvalue weighted by molar-refractivity contribution is 0.530. The molecule has 0 amide bonds. The van der Waals surface area contributed by atoms with Gasteiger partial charge in [-0.05, 0) is 26.4 Å². The third-order valence-corrected chi connectivity index (χ3v) is 2.03. The van der Waals surface area contributed by atoms with Crippen molar-refractivity contribution in [2.24, 2.45) is 0 Å². The Morgan fingerprint density at radius 2 is 2.08 bits per heavy atom. The number of unbranched alkanes of at least 4 members (excludes halogenated alkanes) is 3. The fraction of sp³-hybridized carbons (Fsp3) is 0.778. The van der Waals surface area contributed by atoms with Crippen LogP contribution in [0.25, 0.3) is 0 Å². The van der Waals surface area contributed by atoms with E-state index in [1.165, 1.54) is 25.7 Å². The van der Waals surface area contributed by atoms with Gasteiger partial charge in [0, 0.05) is 6.54 Å². The van der Waals surface area contributed by atoms with Crippen LogP contribution in [0.15, 0.2) is 12.7 Å². The molecule has 1 heterocycles. The van der Waals surface area contributed by atoms with E-state index in [0.29, 0.717) is 0 Å². The van der Waals surface area contributed by atoms with Gasteiger partial charge in [-0.3, -0.25) is 4.68 Å². The Labute approximate surface area is 79.4 Å². The molecule has 0 spiro atoms. The van der Waals surface area contributed by atoms with E-state index in [0.717, 1.165) is 13.1 Å². The van der Waals surface area contributed by atoms with Gasteiger partial charge >= 0.3 is 0 Å². The molecule has 0 unspecified atom stereocenters. The average molecular weight is 182 g/mol. The highest BCUT2D eigenvalue weighted by Gasteiger charge is 1.91. The predicted octanol–water partition coefficient (Wildman–Crippen LogP) is 1.06. The minimum absolute atomic E-state index is 1.000. The first kappa shape index (κ1) is 10.2. The van der Waals surface area contributed by atoms with Crippen molar-refractivity contribution < 1.29 is 0 Å². The minimum Gasteiger partial charge on any atom is -0.320 e. The molecule has 0 aliphatic rings. The molecule has 0 aliphatic carbocycles. The summed E-state index contributed by atoms with van der Waals surface area (Å²) in [6, 6.07) is 0. The first-order valence-electron chi connectivity index (χ1n) is 4.90. The van der Waals surface area contributed by atoms with Crippen molar-refractivity contribution in [2.75, 3.05) is 13.6 Å². The maximum Gasteiger partial charge on any atom is 0.137 e. The molecular formula is C9H18N4. The van der Waals surface area contributed by atoms with Crippen molar-refractivity contribution in [2.45, 2.75) is 32.2 Å². The number of nitrogens with one attached hydrogen (secondary N) is 1. The zero-order valence-electron chi connectivity index (χ0n) is 8.24. The van der Waals surface area contributed by atoms with Crippen LogP contribution in [0.1, 0.15) is 25.7 Å². The van der Waals surface area contributed by atoms with Gasteiger partial charge < -0.3 is 5.32 Å². The summed E-state index contributed by atoms with van der Waals surface area (Å²) >= 11 is 0. The van der Waals surface area contributed by atoms with Gasteiger partial charge in [-0.1, -0.05) is 12.8 Å². The Hall–Kier alpha value is -0.900. The molecule has 0 aromatic carbocycles. The topological polar surface area (TPSA) is 42.7 Å². The monoisotopic (exact) mass is 182 g/mol. The summed E-state index contributed by atoms with van der Waals surface area (Å²) in [5.74, 6) is 0. The molecule has 0 radical (unpaired) electrons. The van der Waals surface area contributed by atoms with Crippen LogP contribution in [0.3, 0.4) is 0 Å². The predicted molar refractivity (Wildman–Crippen MR) is 52.4 cm³/mol. The largest absolute Gasteiger partial charge is 0.320 e. The number of rotatable bonds is 7. The van der Waals surface area contributed by atoms with E-state index in [9.17, 15) is 0 Å². The molecule has 0 fully saturated rings. The van der Waals surface area contributed by atoms with Crippen LogP contribution < -0.4 is 5.32 Å².